The number of amides is 2. The van der Waals surface area contributed by atoms with Crippen LogP contribution in [0.25, 0.3) is 11.5 Å². The molecule has 29 heavy (non-hydrogen) atoms. The Labute approximate surface area is 172 Å². The smallest absolute Gasteiger partial charge is 0.241 e. The number of piperidine rings is 1. The SMILES string of the molecule is Cc1oc(-c2ccc(C(C)(C)C)cc2)nc1CC(=O)NCC(=O)N1CCCCC1. The predicted molar refractivity (Wildman–Crippen MR) is 113 cm³/mol. The summed E-state index contributed by atoms with van der Waals surface area (Å²) in [6.07, 6.45) is 3.35. The van der Waals surface area contributed by atoms with Gasteiger partial charge in [-0.05, 0) is 49.3 Å². The summed E-state index contributed by atoms with van der Waals surface area (Å²) in [7, 11) is 0. The second-order valence-corrected chi connectivity index (χ2v) is 8.74. The molecule has 0 aliphatic carbocycles. The molecule has 1 aromatic carbocycles. The highest BCUT2D eigenvalue weighted by Crippen LogP contribution is 2.27. The number of carbonyl (C=O) groups is 2. The summed E-state index contributed by atoms with van der Waals surface area (Å²) < 4.78 is 5.78. The first-order valence-corrected chi connectivity index (χ1v) is 10.4. The number of benzene rings is 1. The lowest BCUT2D eigenvalue weighted by Crippen LogP contribution is -2.42. The monoisotopic (exact) mass is 397 g/mol. The third-order valence-electron chi connectivity index (χ3n) is 5.36. The molecule has 6 heteroatoms. The standard InChI is InChI=1S/C23H31N3O3/c1-16-19(14-20(27)24-15-21(28)26-12-6-5-7-13-26)25-22(29-16)17-8-10-18(11-9-17)23(2,3)4/h8-11H,5-7,12-15H2,1-4H3,(H,24,27). The summed E-state index contributed by atoms with van der Waals surface area (Å²) in [5.41, 5.74) is 2.80. The Morgan fingerprint density at radius 3 is 2.38 bits per heavy atom. The third-order valence-corrected chi connectivity index (χ3v) is 5.36. The van der Waals surface area contributed by atoms with E-state index in [1.807, 2.05) is 24.0 Å². The van der Waals surface area contributed by atoms with Crippen LogP contribution in [0.5, 0.6) is 0 Å². The molecule has 1 aliphatic rings. The van der Waals surface area contributed by atoms with Crippen molar-refractivity contribution >= 4 is 11.8 Å². The van der Waals surface area contributed by atoms with Gasteiger partial charge in [-0.3, -0.25) is 9.59 Å². The molecule has 0 bridgehead atoms. The number of hydrogen-bond acceptors (Lipinski definition) is 4. The fourth-order valence-corrected chi connectivity index (χ4v) is 3.47. The summed E-state index contributed by atoms with van der Waals surface area (Å²) in [6.45, 7) is 9.93. The van der Waals surface area contributed by atoms with Crippen molar-refractivity contribution in [2.24, 2.45) is 0 Å². The second kappa shape index (κ2) is 8.80. The molecule has 1 fully saturated rings. The first kappa shape index (κ1) is 21.1. The van der Waals surface area contributed by atoms with Gasteiger partial charge in [-0.1, -0.05) is 32.9 Å². The van der Waals surface area contributed by atoms with E-state index in [2.05, 4.69) is 43.2 Å². The molecular weight excluding hydrogens is 366 g/mol. The number of hydrogen-bond donors (Lipinski definition) is 1. The number of nitrogens with zero attached hydrogens (tertiary/aromatic N) is 2. The van der Waals surface area contributed by atoms with E-state index in [1.54, 1.807) is 0 Å². The van der Waals surface area contributed by atoms with Crippen LogP contribution < -0.4 is 5.32 Å². The van der Waals surface area contributed by atoms with Crippen LogP contribution in [-0.4, -0.2) is 41.3 Å². The summed E-state index contributed by atoms with van der Waals surface area (Å²) in [4.78, 5) is 30.8. The molecule has 0 radical (unpaired) electrons. The molecule has 0 saturated carbocycles. The lowest BCUT2D eigenvalue weighted by molar-refractivity contribution is -0.133. The molecule has 1 aliphatic heterocycles. The molecule has 1 N–H and O–H groups in total. The Kier molecular flexibility index (Phi) is 6.40. The van der Waals surface area contributed by atoms with E-state index in [9.17, 15) is 9.59 Å². The van der Waals surface area contributed by atoms with Crippen LogP contribution in [0.15, 0.2) is 28.7 Å². The van der Waals surface area contributed by atoms with Crippen molar-refractivity contribution in [3.8, 4) is 11.5 Å². The quantitative estimate of drug-likeness (QED) is 0.836. The Morgan fingerprint density at radius 1 is 1.10 bits per heavy atom. The number of carbonyl (C=O) groups excluding carboxylic acids is 2. The minimum Gasteiger partial charge on any atom is -0.441 e. The normalized spacial score (nSPS) is 14.7. The van der Waals surface area contributed by atoms with E-state index in [1.165, 1.54) is 12.0 Å². The molecule has 1 aromatic heterocycles. The van der Waals surface area contributed by atoms with Crippen LogP contribution in [0.1, 0.15) is 57.1 Å². The van der Waals surface area contributed by atoms with Crippen LogP contribution in [0.2, 0.25) is 0 Å². The zero-order chi connectivity index (χ0) is 21.0. The van der Waals surface area contributed by atoms with Crippen LogP contribution in [0, 0.1) is 6.92 Å². The maximum atomic E-state index is 12.3. The van der Waals surface area contributed by atoms with Gasteiger partial charge in [-0.25, -0.2) is 4.98 Å². The Bertz CT molecular complexity index is 856. The van der Waals surface area contributed by atoms with Crippen LogP contribution in [-0.2, 0) is 21.4 Å². The van der Waals surface area contributed by atoms with Gasteiger partial charge in [-0.2, -0.15) is 0 Å². The van der Waals surface area contributed by atoms with Gasteiger partial charge in [0.1, 0.15) is 5.76 Å². The average Bonchev–Trinajstić information content (AvgIpc) is 3.06. The molecule has 3 rings (SSSR count). The largest absolute Gasteiger partial charge is 0.441 e. The number of aryl methyl sites for hydroxylation is 1. The molecule has 2 aromatic rings. The van der Waals surface area contributed by atoms with E-state index < -0.39 is 0 Å². The highest BCUT2D eigenvalue weighted by atomic mass is 16.4. The van der Waals surface area contributed by atoms with Gasteiger partial charge >= 0.3 is 0 Å². The van der Waals surface area contributed by atoms with Gasteiger partial charge in [0, 0.05) is 18.7 Å². The van der Waals surface area contributed by atoms with E-state index in [0.717, 1.165) is 31.5 Å². The third kappa shape index (κ3) is 5.46. The predicted octanol–water partition coefficient (Wildman–Crippen LogP) is 3.62. The highest BCUT2D eigenvalue weighted by molar-refractivity contribution is 5.85. The van der Waals surface area contributed by atoms with Gasteiger partial charge in [0.05, 0.1) is 18.7 Å². The van der Waals surface area contributed by atoms with Crippen molar-refractivity contribution in [1.29, 1.82) is 0 Å². The van der Waals surface area contributed by atoms with Crippen molar-refractivity contribution in [3.63, 3.8) is 0 Å². The number of rotatable bonds is 5. The van der Waals surface area contributed by atoms with Crippen LogP contribution >= 0.6 is 0 Å². The van der Waals surface area contributed by atoms with Gasteiger partial charge < -0.3 is 14.6 Å². The summed E-state index contributed by atoms with van der Waals surface area (Å²) in [6, 6.07) is 8.14. The molecule has 6 nitrogen and oxygen atoms in total. The van der Waals surface area contributed by atoms with E-state index in [-0.39, 0.29) is 30.2 Å². The zero-order valence-corrected chi connectivity index (χ0v) is 17.9. The van der Waals surface area contributed by atoms with Gasteiger partial charge in [0.25, 0.3) is 0 Å². The fourth-order valence-electron chi connectivity index (χ4n) is 3.47. The van der Waals surface area contributed by atoms with Crippen LogP contribution in [0.4, 0.5) is 0 Å². The topological polar surface area (TPSA) is 75.4 Å². The highest BCUT2D eigenvalue weighted by Gasteiger charge is 2.19. The summed E-state index contributed by atoms with van der Waals surface area (Å²) >= 11 is 0. The van der Waals surface area contributed by atoms with E-state index in [0.29, 0.717) is 17.3 Å². The Hall–Kier alpha value is -2.63. The van der Waals surface area contributed by atoms with Crippen molar-refractivity contribution in [2.75, 3.05) is 19.6 Å². The van der Waals surface area contributed by atoms with Crippen molar-refractivity contribution < 1.29 is 14.0 Å². The Morgan fingerprint density at radius 2 is 1.76 bits per heavy atom. The molecule has 156 valence electrons. The molecule has 2 heterocycles. The minimum atomic E-state index is -0.221. The van der Waals surface area contributed by atoms with Crippen molar-refractivity contribution in [2.45, 2.75) is 58.8 Å². The average molecular weight is 398 g/mol. The molecule has 0 atom stereocenters. The van der Waals surface area contributed by atoms with Gasteiger partial charge in [0.2, 0.25) is 17.7 Å². The van der Waals surface area contributed by atoms with Crippen molar-refractivity contribution in [1.82, 2.24) is 15.2 Å². The van der Waals surface area contributed by atoms with Gasteiger partial charge in [-0.15, -0.1) is 0 Å². The fraction of sp³-hybridized carbons (Fsp3) is 0.522. The number of aromatic nitrogens is 1. The number of oxazole rings is 1. The molecule has 2 amide bonds. The number of nitrogens with one attached hydrogen (secondary N) is 1. The molecular formula is C23H31N3O3. The second-order valence-electron chi connectivity index (χ2n) is 8.74. The molecule has 0 spiro atoms. The van der Waals surface area contributed by atoms with E-state index >= 15 is 0 Å². The maximum absolute atomic E-state index is 12.3. The summed E-state index contributed by atoms with van der Waals surface area (Å²) in [5.74, 6) is 0.892. The lowest BCUT2D eigenvalue weighted by atomic mass is 9.87. The molecule has 0 unspecified atom stereocenters. The van der Waals surface area contributed by atoms with Crippen LogP contribution in [0.3, 0.4) is 0 Å². The zero-order valence-electron chi connectivity index (χ0n) is 17.9. The van der Waals surface area contributed by atoms with Crippen molar-refractivity contribution in [3.05, 3.63) is 41.3 Å². The van der Waals surface area contributed by atoms with Gasteiger partial charge in [0.15, 0.2) is 0 Å². The number of likely N-dealkylation sites (tertiary alicyclic amines) is 1. The molecule has 1 saturated heterocycles. The minimum absolute atomic E-state index is 0.0189. The lowest BCUT2D eigenvalue weighted by Gasteiger charge is -2.26. The maximum Gasteiger partial charge on any atom is 0.241 e. The first-order valence-electron chi connectivity index (χ1n) is 10.4. The van der Waals surface area contributed by atoms with E-state index in [4.69, 9.17) is 4.42 Å². The Balaban J connectivity index is 1.58. The summed E-state index contributed by atoms with van der Waals surface area (Å²) in [5, 5.41) is 2.72. The first-order chi connectivity index (χ1) is 13.7.